The number of halogens is 1. The molecule has 0 unspecified atom stereocenters. The summed E-state index contributed by atoms with van der Waals surface area (Å²) < 4.78 is 18.5. The van der Waals surface area contributed by atoms with Gasteiger partial charge in [0.25, 0.3) is 5.69 Å². The van der Waals surface area contributed by atoms with Crippen LogP contribution in [0.2, 0.25) is 0 Å². The highest BCUT2D eigenvalue weighted by molar-refractivity contribution is 5.86. The van der Waals surface area contributed by atoms with E-state index in [0.717, 1.165) is 18.2 Å². The number of rotatable bonds is 5. The number of aromatic nitrogens is 1. The zero-order chi connectivity index (χ0) is 15.6. The van der Waals surface area contributed by atoms with Gasteiger partial charge in [0.15, 0.2) is 0 Å². The molecule has 0 aliphatic rings. The number of hydrogen-bond acceptors (Lipinski definition) is 5. The summed E-state index contributed by atoms with van der Waals surface area (Å²) >= 11 is 0. The van der Waals surface area contributed by atoms with E-state index in [1.807, 2.05) is 6.92 Å². The number of carboxylic acids is 1. The maximum atomic E-state index is 13.4. The van der Waals surface area contributed by atoms with Gasteiger partial charge in [0.1, 0.15) is 5.82 Å². The third-order valence-electron chi connectivity index (χ3n) is 2.72. The summed E-state index contributed by atoms with van der Waals surface area (Å²) in [6.07, 6.45) is 1.03. The minimum atomic E-state index is -1.29. The topological polar surface area (TPSA) is 106 Å². The Labute approximate surface area is 118 Å². The van der Waals surface area contributed by atoms with Gasteiger partial charge in [0.2, 0.25) is 11.7 Å². The van der Waals surface area contributed by atoms with E-state index >= 15 is 0 Å². The molecule has 2 rings (SSSR count). The third kappa shape index (κ3) is 3.04. The van der Waals surface area contributed by atoms with Crippen molar-refractivity contribution in [1.29, 1.82) is 0 Å². The lowest BCUT2D eigenvalue weighted by molar-refractivity contribution is -0.385. The van der Waals surface area contributed by atoms with Gasteiger partial charge in [0, 0.05) is 11.6 Å². The number of nitro benzene ring substituents is 1. The Bertz CT molecular complexity index is 711. The van der Waals surface area contributed by atoms with E-state index in [1.165, 1.54) is 0 Å². The Morgan fingerprint density at radius 2 is 2.19 bits per heavy atom. The molecular weight excluding hydrogens is 283 g/mol. The lowest BCUT2D eigenvalue weighted by Gasteiger charge is -1.97. The molecule has 0 atom stereocenters. The number of aryl methyl sites for hydroxylation is 1. The van der Waals surface area contributed by atoms with Crippen LogP contribution in [0.5, 0.6) is 0 Å². The molecule has 0 amide bonds. The van der Waals surface area contributed by atoms with Crippen LogP contribution in [0.15, 0.2) is 22.6 Å². The number of carboxylic acid groups (broad SMARTS) is 1. The van der Waals surface area contributed by atoms with E-state index < -0.39 is 22.4 Å². The SMILES string of the molecule is CCCc1nc(-c2cc(F)cc([N+](=O)[O-])c2)oc1C(=O)O. The van der Waals surface area contributed by atoms with Crippen LogP contribution >= 0.6 is 0 Å². The average Bonchev–Trinajstić information content (AvgIpc) is 2.82. The van der Waals surface area contributed by atoms with Crippen LogP contribution < -0.4 is 0 Å². The van der Waals surface area contributed by atoms with E-state index in [-0.39, 0.29) is 22.9 Å². The summed E-state index contributed by atoms with van der Waals surface area (Å²) in [6.45, 7) is 1.84. The number of carbonyl (C=O) groups is 1. The summed E-state index contributed by atoms with van der Waals surface area (Å²) in [5, 5.41) is 19.7. The molecule has 0 spiro atoms. The van der Waals surface area contributed by atoms with Crippen LogP contribution in [-0.4, -0.2) is 21.0 Å². The molecular formula is C13H11FN2O5. The van der Waals surface area contributed by atoms with Crippen molar-refractivity contribution >= 4 is 11.7 Å². The van der Waals surface area contributed by atoms with Gasteiger partial charge in [0.05, 0.1) is 16.7 Å². The fourth-order valence-electron chi connectivity index (χ4n) is 1.85. The predicted molar refractivity (Wildman–Crippen MR) is 69.5 cm³/mol. The largest absolute Gasteiger partial charge is 0.475 e. The first-order valence-corrected chi connectivity index (χ1v) is 6.10. The fourth-order valence-corrected chi connectivity index (χ4v) is 1.85. The van der Waals surface area contributed by atoms with Crippen molar-refractivity contribution in [2.75, 3.05) is 0 Å². The highest BCUT2D eigenvalue weighted by Gasteiger charge is 2.21. The molecule has 0 saturated carbocycles. The van der Waals surface area contributed by atoms with E-state index in [2.05, 4.69) is 4.98 Å². The van der Waals surface area contributed by atoms with Crippen LogP contribution in [0, 0.1) is 15.9 Å². The van der Waals surface area contributed by atoms with Crippen LogP contribution in [0.1, 0.15) is 29.6 Å². The molecule has 0 aliphatic carbocycles. The number of benzene rings is 1. The molecule has 2 aromatic rings. The van der Waals surface area contributed by atoms with Gasteiger partial charge in [-0.3, -0.25) is 10.1 Å². The van der Waals surface area contributed by atoms with E-state index in [4.69, 9.17) is 9.52 Å². The van der Waals surface area contributed by atoms with Crippen molar-refractivity contribution in [3.8, 4) is 11.5 Å². The highest BCUT2D eigenvalue weighted by atomic mass is 19.1. The summed E-state index contributed by atoms with van der Waals surface area (Å²) in [7, 11) is 0. The molecule has 0 fully saturated rings. The van der Waals surface area contributed by atoms with E-state index in [1.54, 1.807) is 0 Å². The first kappa shape index (κ1) is 14.6. The van der Waals surface area contributed by atoms with Crippen LogP contribution in [0.25, 0.3) is 11.5 Å². The Morgan fingerprint density at radius 3 is 2.76 bits per heavy atom. The zero-order valence-corrected chi connectivity index (χ0v) is 11.0. The molecule has 0 bridgehead atoms. The van der Waals surface area contributed by atoms with Crippen LogP contribution in [0.4, 0.5) is 10.1 Å². The molecule has 7 nitrogen and oxygen atoms in total. The molecule has 8 heteroatoms. The van der Waals surface area contributed by atoms with Crippen molar-refractivity contribution in [1.82, 2.24) is 4.98 Å². The second-order valence-corrected chi connectivity index (χ2v) is 4.31. The first-order chi connectivity index (χ1) is 9.92. The van der Waals surface area contributed by atoms with Gasteiger partial charge < -0.3 is 9.52 Å². The minimum Gasteiger partial charge on any atom is -0.475 e. The number of non-ortho nitro benzene ring substituents is 1. The van der Waals surface area contributed by atoms with Gasteiger partial charge >= 0.3 is 5.97 Å². The maximum Gasteiger partial charge on any atom is 0.373 e. The van der Waals surface area contributed by atoms with E-state index in [9.17, 15) is 19.3 Å². The second-order valence-electron chi connectivity index (χ2n) is 4.31. The lowest BCUT2D eigenvalue weighted by atomic mass is 10.2. The molecule has 0 radical (unpaired) electrons. The molecule has 0 aliphatic heterocycles. The lowest BCUT2D eigenvalue weighted by Crippen LogP contribution is -1.99. The third-order valence-corrected chi connectivity index (χ3v) is 2.72. The van der Waals surface area contributed by atoms with E-state index in [0.29, 0.717) is 12.8 Å². The highest BCUT2D eigenvalue weighted by Crippen LogP contribution is 2.27. The van der Waals surface area contributed by atoms with Crippen molar-refractivity contribution in [2.45, 2.75) is 19.8 Å². The van der Waals surface area contributed by atoms with Crippen molar-refractivity contribution in [3.05, 3.63) is 45.6 Å². The molecule has 1 aromatic heterocycles. The Kier molecular flexibility index (Phi) is 3.97. The second kappa shape index (κ2) is 5.70. The van der Waals surface area contributed by atoms with Gasteiger partial charge in [-0.25, -0.2) is 14.2 Å². The van der Waals surface area contributed by atoms with Crippen molar-refractivity contribution in [2.24, 2.45) is 0 Å². The Hall–Kier alpha value is -2.77. The Morgan fingerprint density at radius 1 is 1.48 bits per heavy atom. The maximum absolute atomic E-state index is 13.4. The normalized spacial score (nSPS) is 10.6. The van der Waals surface area contributed by atoms with Crippen molar-refractivity contribution in [3.63, 3.8) is 0 Å². The van der Waals surface area contributed by atoms with Crippen LogP contribution in [-0.2, 0) is 6.42 Å². The molecule has 0 saturated heterocycles. The molecule has 21 heavy (non-hydrogen) atoms. The molecule has 1 heterocycles. The van der Waals surface area contributed by atoms with Crippen molar-refractivity contribution < 1.29 is 23.6 Å². The molecule has 110 valence electrons. The fraction of sp³-hybridized carbons (Fsp3) is 0.231. The van der Waals surface area contributed by atoms with Gasteiger partial charge in [-0.15, -0.1) is 0 Å². The number of hydrogen-bond donors (Lipinski definition) is 1. The molecule has 1 aromatic carbocycles. The van der Waals surface area contributed by atoms with Gasteiger partial charge in [-0.05, 0) is 12.5 Å². The quantitative estimate of drug-likeness (QED) is 0.671. The summed E-state index contributed by atoms with van der Waals surface area (Å²) in [4.78, 5) is 25.0. The first-order valence-electron chi connectivity index (χ1n) is 6.10. The van der Waals surface area contributed by atoms with Crippen LogP contribution in [0.3, 0.4) is 0 Å². The summed E-state index contributed by atoms with van der Waals surface area (Å²) in [5.41, 5.74) is -0.212. The standard InChI is InChI=1S/C13H11FN2O5/c1-2-3-10-11(13(17)18)21-12(15-10)7-4-8(14)6-9(5-7)16(19)20/h4-6H,2-3H2,1H3,(H,17,18). The summed E-state index contributed by atoms with van der Waals surface area (Å²) in [6, 6.07) is 2.84. The number of aromatic carboxylic acids is 1. The van der Waals surface area contributed by atoms with Gasteiger partial charge in [-0.2, -0.15) is 0 Å². The monoisotopic (exact) mass is 294 g/mol. The number of nitrogens with zero attached hydrogens (tertiary/aromatic N) is 2. The smallest absolute Gasteiger partial charge is 0.373 e. The predicted octanol–water partition coefficient (Wildman–Crippen LogP) is 3.04. The summed E-state index contributed by atoms with van der Waals surface area (Å²) in [5.74, 6) is -2.60. The average molecular weight is 294 g/mol. The molecule has 1 N–H and O–H groups in total. The zero-order valence-electron chi connectivity index (χ0n) is 11.0. The number of nitro groups is 1. The number of oxazole rings is 1. The Balaban J connectivity index is 2.54. The minimum absolute atomic E-state index is 0.0200. The van der Waals surface area contributed by atoms with Gasteiger partial charge in [-0.1, -0.05) is 13.3 Å².